The Bertz CT molecular complexity index is 1260. The van der Waals surface area contributed by atoms with Crippen LogP contribution in [0.5, 0.6) is 0 Å². The van der Waals surface area contributed by atoms with Gasteiger partial charge in [-0.2, -0.15) is 0 Å². The van der Waals surface area contributed by atoms with Crippen LogP contribution in [0.3, 0.4) is 0 Å². The zero-order chi connectivity index (χ0) is 36.3. The van der Waals surface area contributed by atoms with Crippen LogP contribution in [0, 0.1) is 40.4 Å². The lowest BCUT2D eigenvalue weighted by Gasteiger charge is -2.56. The van der Waals surface area contributed by atoms with Gasteiger partial charge in [-0.3, -0.25) is 0 Å². The van der Waals surface area contributed by atoms with Crippen LogP contribution in [0.15, 0.2) is 47.2 Å². The molecule has 0 bridgehead atoms. The van der Waals surface area contributed by atoms with Crippen molar-refractivity contribution in [1.82, 2.24) is 0 Å². The Morgan fingerprint density at radius 2 is 1.45 bits per heavy atom. The standard InChI is InChI=1S/C41H73NO4Si3/c1-14-37(45-48(8,9)10)38-35(40(3)26-22-33(23-27-40)44-47(5,6)7)24-28-41(4)34(20-21-36(38)41)31(2)25-29-42-39(46-49(11,12)13)43-30-32-18-16-15-17-19-32/h14-19,31,33-36,38H,20-30H2,1-13H3/b37-14+,42-39?/t31-,33?,34-,35+,36+,38-,40?,41-/m1/s1. The second kappa shape index (κ2) is 16.1. The summed E-state index contributed by atoms with van der Waals surface area (Å²) < 4.78 is 26.2. The predicted octanol–water partition coefficient (Wildman–Crippen LogP) is 12.1. The van der Waals surface area contributed by atoms with Gasteiger partial charge in [0.25, 0.3) is 0 Å². The van der Waals surface area contributed by atoms with Gasteiger partial charge in [-0.05, 0) is 164 Å². The first-order chi connectivity index (χ1) is 22.7. The summed E-state index contributed by atoms with van der Waals surface area (Å²) in [5.41, 5.74) is 1.79. The van der Waals surface area contributed by atoms with Crippen LogP contribution in [0.4, 0.5) is 0 Å². The van der Waals surface area contributed by atoms with Crippen molar-refractivity contribution in [3.63, 3.8) is 0 Å². The van der Waals surface area contributed by atoms with Crippen molar-refractivity contribution in [2.24, 2.45) is 45.4 Å². The van der Waals surface area contributed by atoms with Crippen LogP contribution in [0.2, 0.25) is 58.9 Å². The van der Waals surface area contributed by atoms with E-state index < -0.39 is 25.0 Å². The zero-order valence-corrected chi connectivity index (χ0v) is 36.8. The van der Waals surface area contributed by atoms with Gasteiger partial charge in [-0.15, -0.1) is 0 Å². The Morgan fingerprint density at radius 3 is 2.02 bits per heavy atom. The molecule has 0 N–H and O–H groups in total. The smallest absolute Gasteiger partial charge is 0.369 e. The van der Waals surface area contributed by atoms with Crippen LogP contribution in [-0.4, -0.2) is 43.7 Å². The minimum Gasteiger partial charge on any atom is -0.547 e. The molecular weight excluding hydrogens is 655 g/mol. The summed E-state index contributed by atoms with van der Waals surface area (Å²) in [4.78, 5) is 4.94. The molecule has 5 nitrogen and oxygen atoms in total. The van der Waals surface area contributed by atoms with Gasteiger partial charge in [0, 0.05) is 18.6 Å². The van der Waals surface area contributed by atoms with Crippen molar-refractivity contribution >= 4 is 31.0 Å². The van der Waals surface area contributed by atoms with Gasteiger partial charge < -0.3 is 18.0 Å². The SMILES string of the molecule is C/C=C(/O[Si](C)(C)C)[C@@H]1[C@@H](C2(C)CCC(O[Si](C)(C)C)CC2)CC[C@]2(C)[C@@H]([C@H](C)CCN=C(OCc3ccccc3)O[Si](C)(C)C)CC[C@@H]12. The quantitative estimate of drug-likeness (QED) is 0.0878. The fourth-order valence-corrected chi connectivity index (χ4v) is 12.7. The van der Waals surface area contributed by atoms with Gasteiger partial charge in [-0.25, -0.2) is 4.99 Å². The Hall–Kier alpha value is -1.36. The topological polar surface area (TPSA) is 49.3 Å². The molecule has 0 heterocycles. The summed E-state index contributed by atoms with van der Waals surface area (Å²) in [5.74, 6) is 4.45. The first kappa shape index (κ1) is 40.4. The molecule has 1 aromatic carbocycles. The van der Waals surface area contributed by atoms with E-state index in [2.05, 4.69) is 117 Å². The number of rotatable bonds is 13. The summed E-state index contributed by atoms with van der Waals surface area (Å²) in [6, 6.07) is 10.3. The first-order valence-electron chi connectivity index (χ1n) is 19.7. The summed E-state index contributed by atoms with van der Waals surface area (Å²) in [7, 11) is -5.15. The second-order valence-corrected chi connectivity index (χ2v) is 32.7. The van der Waals surface area contributed by atoms with E-state index in [4.69, 9.17) is 23.0 Å². The molecule has 3 fully saturated rings. The monoisotopic (exact) mass is 727 g/mol. The Balaban J connectivity index is 1.51. The molecule has 4 rings (SSSR count). The van der Waals surface area contributed by atoms with Crippen LogP contribution in [0.1, 0.15) is 91.0 Å². The Labute approximate surface area is 304 Å². The van der Waals surface area contributed by atoms with E-state index in [0.717, 1.165) is 18.5 Å². The number of nitrogens with zero attached hydrogens (tertiary/aromatic N) is 1. The molecule has 8 heteroatoms. The molecule has 3 aliphatic carbocycles. The largest absolute Gasteiger partial charge is 0.547 e. The number of fused-ring (bicyclic) bond motifs is 1. The number of allylic oxidation sites excluding steroid dienone is 2. The summed E-state index contributed by atoms with van der Waals surface area (Å²) in [6.45, 7) is 32.0. The van der Waals surface area contributed by atoms with E-state index >= 15 is 0 Å². The number of hydrogen-bond acceptors (Lipinski definition) is 5. The molecule has 6 atom stereocenters. The lowest BCUT2D eigenvalue weighted by molar-refractivity contribution is -0.0659. The summed E-state index contributed by atoms with van der Waals surface area (Å²) >= 11 is 0. The molecule has 49 heavy (non-hydrogen) atoms. The van der Waals surface area contributed by atoms with Gasteiger partial charge in [0.05, 0.1) is 5.76 Å². The third-order valence-electron chi connectivity index (χ3n) is 12.0. The van der Waals surface area contributed by atoms with Crippen molar-refractivity contribution in [1.29, 1.82) is 0 Å². The average molecular weight is 728 g/mol. The molecule has 0 unspecified atom stereocenters. The normalized spacial score (nSPS) is 32.4. The molecule has 0 spiro atoms. The van der Waals surface area contributed by atoms with Gasteiger partial charge in [-0.1, -0.05) is 57.2 Å². The molecule has 0 radical (unpaired) electrons. The maximum atomic E-state index is 7.05. The molecule has 278 valence electrons. The highest BCUT2D eigenvalue weighted by atomic mass is 28.4. The maximum Gasteiger partial charge on any atom is 0.369 e. The highest BCUT2D eigenvalue weighted by Gasteiger charge is 2.59. The average Bonchev–Trinajstić information content (AvgIpc) is 3.35. The van der Waals surface area contributed by atoms with Gasteiger partial charge in [0.15, 0.2) is 8.32 Å². The summed E-state index contributed by atoms with van der Waals surface area (Å²) in [5, 5.41) is 0. The number of aliphatic imine (C=N–C) groups is 1. The van der Waals surface area contributed by atoms with Crippen LogP contribution in [0.25, 0.3) is 0 Å². The van der Waals surface area contributed by atoms with Crippen molar-refractivity contribution in [2.45, 2.75) is 157 Å². The van der Waals surface area contributed by atoms with Gasteiger partial charge in [0.2, 0.25) is 16.6 Å². The molecule has 3 aliphatic rings. The minimum absolute atomic E-state index is 0.317. The Kier molecular flexibility index (Phi) is 13.3. The van der Waals surface area contributed by atoms with E-state index in [0.29, 0.717) is 59.2 Å². The van der Waals surface area contributed by atoms with Gasteiger partial charge >= 0.3 is 6.08 Å². The van der Waals surface area contributed by atoms with E-state index in [9.17, 15) is 0 Å². The van der Waals surface area contributed by atoms with E-state index in [1.807, 2.05) is 6.07 Å². The molecule has 3 saturated carbocycles. The van der Waals surface area contributed by atoms with E-state index in [1.54, 1.807) is 0 Å². The number of benzene rings is 1. The highest BCUT2D eigenvalue weighted by Crippen LogP contribution is 2.66. The van der Waals surface area contributed by atoms with E-state index in [-0.39, 0.29) is 0 Å². The minimum atomic E-state index is -1.85. The molecular formula is C41H73NO4Si3. The maximum absolute atomic E-state index is 7.05. The van der Waals surface area contributed by atoms with Gasteiger partial charge in [0.1, 0.15) is 6.61 Å². The van der Waals surface area contributed by atoms with Crippen LogP contribution in [-0.2, 0) is 24.6 Å². The molecule has 1 aromatic rings. The van der Waals surface area contributed by atoms with Crippen molar-refractivity contribution in [2.75, 3.05) is 6.54 Å². The molecule has 0 aromatic heterocycles. The lowest BCUT2D eigenvalue weighted by Crippen LogP contribution is -2.50. The first-order valence-corrected chi connectivity index (χ1v) is 29.9. The fraction of sp³-hybridized carbons (Fsp3) is 0.780. The Morgan fingerprint density at radius 1 is 0.816 bits per heavy atom. The molecule has 0 aliphatic heterocycles. The predicted molar refractivity (Wildman–Crippen MR) is 215 cm³/mol. The molecule has 0 amide bonds. The van der Waals surface area contributed by atoms with Crippen molar-refractivity contribution in [3.05, 3.63) is 47.7 Å². The van der Waals surface area contributed by atoms with Crippen molar-refractivity contribution in [3.8, 4) is 0 Å². The van der Waals surface area contributed by atoms with Crippen molar-refractivity contribution < 1.29 is 18.0 Å². The van der Waals surface area contributed by atoms with Crippen LogP contribution >= 0.6 is 0 Å². The lowest BCUT2D eigenvalue weighted by atomic mass is 9.50. The number of ether oxygens (including phenoxy) is 1. The van der Waals surface area contributed by atoms with E-state index in [1.165, 1.54) is 57.1 Å². The third-order valence-corrected chi connectivity index (χ3v) is 14.7. The second-order valence-electron chi connectivity index (χ2n) is 19.4. The zero-order valence-electron chi connectivity index (χ0n) is 33.8. The van der Waals surface area contributed by atoms with Crippen LogP contribution < -0.4 is 0 Å². The third kappa shape index (κ3) is 11.1. The molecule has 0 saturated heterocycles. The highest BCUT2D eigenvalue weighted by molar-refractivity contribution is 6.71. The summed E-state index contributed by atoms with van der Waals surface area (Å²) in [6.07, 6.45) is 14.6. The fourth-order valence-electron chi connectivity index (χ4n) is 9.86. The number of hydrogen-bond donors (Lipinski definition) is 0.